The SMILES string of the molecule is CC(C)O[C@H]1CCN(I)[C@H](C)C1. The summed E-state index contributed by atoms with van der Waals surface area (Å²) in [5, 5.41) is 0. The summed E-state index contributed by atoms with van der Waals surface area (Å²) in [5.74, 6) is 0. The van der Waals surface area contributed by atoms with E-state index in [0.717, 1.165) is 0 Å². The summed E-state index contributed by atoms with van der Waals surface area (Å²) in [5.41, 5.74) is 0. The molecule has 3 heteroatoms. The highest BCUT2D eigenvalue weighted by Gasteiger charge is 2.24. The predicted molar refractivity (Wildman–Crippen MR) is 59.4 cm³/mol. The minimum atomic E-state index is 0.378. The number of piperidine rings is 1. The molecule has 0 aromatic heterocycles. The molecule has 0 aliphatic carbocycles. The van der Waals surface area contributed by atoms with E-state index in [1.165, 1.54) is 19.4 Å². The first-order valence-corrected chi connectivity index (χ1v) is 5.64. The highest BCUT2D eigenvalue weighted by Crippen LogP contribution is 2.23. The van der Waals surface area contributed by atoms with Crippen molar-refractivity contribution < 1.29 is 4.74 Å². The molecule has 1 saturated heterocycles. The molecule has 1 fully saturated rings. The molecular formula is C9H18INO. The van der Waals surface area contributed by atoms with Crippen LogP contribution in [0.4, 0.5) is 0 Å². The van der Waals surface area contributed by atoms with Gasteiger partial charge in [0.25, 0.3) is 0 Å². The summed E-state index contributed by atoms with van der Waals surface area (Å²) in [4.78, 5) is 0. The van der Waals surface area contributed by atoms with E-state index < -0.39 is 0 Å². The third-order valence-corrected chi connectivity index (χ3v) is 3.64. The molecule has 0 saturated carbocycles. The van der Waals surface area contributed by atoms with Crippen molar-refractivity contribution in [3.05, 3.63) is 0 Å². The summed E-state index contributed by atoms with van der Waals surface area (Å²) < 4.78 is 8.15. The van der Waals surface area contributed by atoms with Crippen LogP contribution in [0.2, 0.25) is 0 Å². The van der Waals surface area contributed by atoms with Gasteiger partial charge in [-0.2, -0.15) is 0 Å². The van der Waals surface area contributed by atoms with Crippen LogP contribution in [-0.2, 0) is 4.74 Å². The van der Waals surface area contributed by atoms with Crippen LogP contribution < -0.4 is 0 Å². The molecule has 12 heavy (non-hydrogen) atoms. The second kappa shape index (κ2) is 4.77. The van der Waals surface area contributed by atoms with Gasteiger partial charge in [-0.15, -0.1) is 0 Å². The molecule has 1 aliphatic rings. The Balaban J connectivity index is 2.30. The Kier molecular flexibility index (Phi) is 4.26. The Labute approximate surface area is 89.1 Å². The predicted octanol–water partition coefficient (Wildman–Crippen LogP) is 2.61. The number of nitrogens with zero attached hydrogens (tertiary/aromatic N) is 1. The van der Waals surface area contributed by atoms with Crippen LogP contribution in [0.3, 0.4) is 0 Å². The first kappa shape index (κ1) is 10.7. The van der Waals surface area contributed by atoms with Crippen LogP contribution in [0.1, 0.15) is 33.6 Å². The standard InChI is InChI=1S/C9H18INO/c1-7(2)12-9-4-5-11(10)8(3)6-9/h7-9H,4-6H2,1-3H3/t8-,9+/m1/s1. The highest BCUT2D eigenvalue weighted by molar-refractivity contribution is 14.1. The summed E-state index contributed by atoms with van der Waals surface area (Å²) >= 11 is 2.40. The fraction of sp³-hybridized carbons (Fsp3) is 1.00. The van der Waals surface area contributed by atoms with Crippen molar-refractivity contribution in [2.45, 2.75) is 51.9 Å². The Morgan fingerprint density at radius 1 is 1.50 bits per heavy atom. The van der Waals surface area contributed by atoms with E-state index >= 15 is 0 Å². The molecule has 0 N–H and O–H groups in total. The molecule has 0 amide bonds. The van der Waals surface area contributed by atoms with E-state index in [1.54, 1.807) is 0 Å². The average molecular weight is 283 g/mol. The molecule has 1 heterocycles. The van der Waals surface area contributed by atoms with Gasteiger partial charge in [-0.3, -0.25) is 0 Å². The van der Waals surface area contributed by atoms with Crippen molar-refractivity contribution in [2.24, 2.45) is 0 Å². The maximum atomic E-state index is 5.78. The van der Waals surface area contributed by atoms with Gasteiger partial charge >= 0.3 is 0 Å². The molecule has 72 valence electrons. The van der Waals surface area contributed by atoms with E-state index in [0.29, 0.717) is 18.2 Å². The zero-order valence-electron chi connectivity index (χ0n) is 8.09. The lowest BCUT2D eigenvalue weighted by molar-refractivity contribution is -0.0238. The molecule has 0 spiro atoms. The van der Waals surface area contributed by atoms with Crippen molar-refractivity contribution in [2.75, 3.05) is 6.54 Å². The van der Waals surface area contributed by atoms with Crippen LogP contribution in [0.5, 0.6) is 0 Å². The number of halogens is 1. The first-order chi connectivity index (χ1) is 5.59. The van der Waals surface area contributed by atoms with Gasteiger partial charge in [0, 0.05) is 35.5 Å². The summed E-state index contributed by atoms with van der Waals surface area (Å²) in [6, 6.07) is 0.670. The van der Waals surface area contributed by atoms with E-state index in [1.807, 2.05) is 0 Å². The van der Waals surface area contributed by atoms with Crippen LogP contribution in [-0.4, -0.2) is 27.9 Å². The largest absolute Gasteiger partial charge is 0.375 e. The molecule has 2 nitrogen and oxygen atoms in total. The average Bonchev–Trinajstić information content (AvgIpc) is 1.96. The Morgan fingerprint density at radius 3 is 2.67 bits per heavy atom. The quantitative estimate of drug-likeness (QED) is 0.570. The Morgan fingerprint density at radius 2 is 2.17 bits per heavy atom. The smallest absolute Gasteiger partial charge is 0.0606 e. The molecule has 1 aliphatic heterocycles. The molecule has 1 rings (SSSR count). The molecular weight excluding hydrogens is 265 g/mol. The summed E-state index contributed by atoms with van der Waals surface area (Å²) in [6.45, 7) is 7.66. The monoisotopic (exact) mass is 283 g/mol. The van der Waals surface area contributed by atoms with Gasteiger partial charge in [-0.25, -0.2) is 3.11 Å². The van der Waals surface area contributed by atoms with Gasteiger partial charge in [-0.05, 0) is 33.6 Å². The van der Waals surface area contributed by atoms with Gasteiger partial charge in [0.05, 0.1) is 12.2 Å². The van der Waals surface area contributed by atoms with Crippen molar-refractivity contribution in [3.8, 4) is 0 Å². The summed E-state index contributed by atoms with van der Waals surface area (Å²) in [7, 11) is 0. The third kappa shape index (κ3) is 3.18. The van der Waals surface area contributed by atoms with Gasteiger partial charge < -0.3 is 4.74 Å². The molecule has 0 aromatic carbocycles. The number of hydrogen-bond acceptors (Lipinski definition) is 2. The molecule has 0 radical (unpaired) electrons. The fourth-order valence-corrected chi connectivity index (χ4v) is 2.11. The Hall–Kier alpha value is 0.650. The number of rotatable bonds is 2. The van der Waals surface area contributed by atoms with Crippen LogP contribution >= 0.6 is 22.9 Å². The van der Waals surface area contributed by atoms with Crippen molar-refractivity contribution >= 4 is 22.9 Å². The van der Waals surface area contributed by atoms with Crippen molar-refractivity contribution in [3.63, 3.8) is 0 Å². The third-order valence-electron chi connectivity index (χ3n) is 2.21. The van der Waals surface area contributed by atoms with Gasteiger partial charge in [0.15, 0.2) is 0 Å². The van der Waals surface area contributed by atoms with Crippen LogP contribution in [0, 0.1) is 0 Å². The summed E-state index contributed by atoms with van der Waals surface area (Å²) in [6.07, 6.45) is 3.24. The van der Waals surface area contributed by atoms with Gasteiger partial charge in [0.2, 0.25) is 0 Å². The second-order valence-electron chi connectivity index (χ2n) is 3.80. The van der Waals surface area contributed by atoms with Gasteiger partial charge in [0.1, 0.15) is 0 Å². The Bertz CT molecular complexity index is 140. The van der Waals surface area contributed by atoms with Crippen molar-refractivity contribution in [1.29, 1.82) is 0 Å². The van der Waals surface area contributed by atoms with E-state index in [-0.39, 0.29) is 0 Å². The van der Waals surface area contributed by atoms with E-state index in [2.05, 4.69) is 46.7 Å². The van der Waals surface area contributed by atoms with E-state index in [9.17, 15) is 0 Å². The topological polar surface area (TPSA) is 12.5 Å². The maximum Gasteiger partial charge on any atom is 0.0606 e. The van der Waals surface area contributed by atoms with Gasteiger partial charge in [-0.1, -0.05) is 0 Å². The second-order valence-corrected chi connectivity index (χ2v) is 5.04. The van der Waals surface area contributed by atoms with Crippen LogP contribution in [0.25, 0.3) is 0 Å². The van der Waals surface area contributed by atoms with E-state index in [4.69, 9.17) is 4.74 Å². The van der Waals surface area contributed by atoms with Crippen LogP contribution in [0.15, 0.2) is 0 Å². The zero-order chi connectivity index (χ0) is 9.14. The maximum absolute atomic E-state index is 5.78. The lowest BCUT2D eigenvalue weighted by Gasteiger charge is -2.34. The minimum Gasteiger partial charge on any atom is -0.375 e. The lowest BCUT2D eigenvalue weighted by atomic mass is 10.0. The minimum absolute atomic E-state index is 0.378. The molecule has 2 atom stereocenters. The normalized spacial score (nSPS) is 32.8. The van der Waals surface area contributed by atoms with Crippen molar-refractivity contribution in [1.82, 2.24) is 3.11 Å². The zero-order valence-corrected chi connectivity index (χ0v) is 10.2. The number of ether oxygens (including phenoxy) is 1. The highest BCUT2D eigenvalue weighted by atomic mass is 127. The molecule has 0 aromatic rings. The fourth-order valence-electron chi connectivity index (χ4n) is 1.61. The molecule has 0 bridgehead atoms. The first-order valence-electron chi connectivity index (χ1n) is 4.67. The lowest BCUT2D eigenvalue weighted by Crippen LogP contribution is -2.38. The number of hydrogen-bond donors (Lipinski definition) is 0. The molecule has 0 unspecified atom stereocenters.